The number of para-hydroxylation sites is 1. The molecule has 0 radical (unpaired) electrons. The number of anilines is 1. The van der Waals surface area contributed by atoms with Gasteiger partial charge in [-0.3, -0.25) is 0 Å². The third-order valence-electron chi connectivity index (χ3n) is 2.89. The van der Waals surface area contributed by atoms with E-state index in [-0.39, 0.29) is 5.92 Å². The molecular formula is C12H14ClNO2S. The number of hydrogen-bond donors (Lipinski definition) is 2. The van der Waals surface area contributed by atoms with Gasteiger partial charge in [-0.2, -0.15) is 11.8 Å². The van der Waals surface area contributed by atoms with E-state index in [1.54, 1.807) is 23.9 Å². The number of hydrogen-bond acceptors (Lipinski definition) is 3. The van der Waals surface area contributed by atoms with Crippen LogP contribution in [0.5, 0.6) is 0 Å². The fourth-order valence-electron chi connectivity index (χ4n) is 1.94. The van der Waals surface area contributed by atoms with Crippen LogP contribution in [-0.4, -0.2) is 28.6 Å². The molecule has 2 unspecified atom stereocenters. The lowest BCUT2D eigenvalue weighted by atomic mass is 9.99. The maximum absolute atomic E-state index is 11.3. The van der Waals surface area contributed by atoms with E-state index in [0.717, 1.165) is 17.9 Å². The predicted octanol–water partition coefficient (Wildman–Crippen LogP) is 2.96. The second-order valence-corrected chi connectivity index (χ2v) is 5.62. The van der Waals surface area contributed by atoms with E-state index in [1.165, 1.54) is 0 Å². The summed E-state index contributed by atoms with van der Waals surface area (Å²) in [5.74, 6) is 1.30. The van der Waals surface area contributed by atoms with Gasteiger partial charge in [0.1, 0.15) is 6.04 Å². The Bertz CT molecular complexity index is 407. The molecule has 0 spiro atoms. The number of carboxylic acids is 1. The predicted molar refractivity (Wildman–Crippen MR) is 71.9 cm³/mol. The van der Waals surface area contributed by atoms with Crippen molar-refractivity contribution >= 4 is 35.0 Å². The summed E-state index contributed by atoms with van der Waals surface area (Å²) >= 11 is 7.83. The van der Waals surface area contributed by atoms with Gasteiger partial charge in [0.15, 0.2) is 0 Å². The molecule has 5 heteroatoms. The molecule has 1 heterocycles. The van der Waals surface area contributed by atoms with Crippen LogP contribution in [0.4, 0.5) is 5.69 Å². The molecule has 2 atom stereocenters. The lowest BCUT2D eigenvalue weighted by molar-refractivity contribution is -0.138. The minimum atomic E-state index is -0.808. The number of benzene rings is 1. The van der Waals surface area contributed by atoms with E-state index in [2.05, 4.69) is 5.32 Å². The Morgan fingerprint density at radius 2 is 2.29 bits per heavy atom. The molecule has 92 valence electrons. The molecule has 0 aliphatic carbocycles. The third kappa shape index (κ3) is 3.07. The highest BCUT2D eigenvalue weighted by Crippen LogP contribution is 2.30. The molecule has 0 aromatic heterocycles. The summed E-state index contributed by atoms with van der Waals surface area (Å²) in [6, 6.07) is 6.68. The van der Waals surface area contributed by atoms with Crippen molar-refractivity contribution < 1.29 is 9.90 Å². The van der Waals surface area contributed by atoms with Gasteiger partial charge in [0.2, 0.25) is 0 Å². The first-order valence-corrected chi connectivity index (χ1v) is 7.03. The summed E-state index contributed by atoms with van der Waals surface area (Å²) in [5.41, 5.74) is 0.693. The first-order chi connectivity index (χ1) is 8.18. The Labute approximate surface area is 110 Å². The number of aliphatic carboxylic acids is 1. The van der Waals surface area contributed by atoms with Gasteiger partial charge in [0.25, 0.3) is 0 Å². The zero-order valence-corrected chi connectivity index (χ0v) is 10.8. The van der Waals surface area contributed by atoms with E-state index >= 15 is 0 Å². The van der Waals surface area contributed by atoms with Gasteiger partial charge in [-0.25, -0.2) is 4.79 Å². The monoisotopic (exact) mass is 271 g/mol. The Balaban J connectivity index is 2.12. The highest BCUT2D eigenvalue weighted by Gasteiger charge is 2.31. The van der Waals surface area contributed by atoms with Crippen LogP contribution in [0.15, 0.2) is 24.3 Å². The minimum Gasteiger partial charge on any atom is -0.480 e. The molecule has 0 amide bonds. The molecule has 1 aromatic carbocycles. The van der Waals surface area contributed by atoms with E-state index in [9.17, 15) is 9.90 Å². The van der Waals surface area contributed by atoms with Gasteiger partial charge in [-0.15, -0.1) is 0 Å². The van der Waals surface area contributed by atoms with Gasteiger partial charge in [-0.1, -0.05) is 23.7 Å². The Morgan fingerprint density at radius 3 is 2.88 bits per heavy atom. The van der Waals surface area contributed by atoms with E-state index in [0.29, 0.717) is 10.7 Å². The minimum absolute atomic E-state index is 0.175. The number of thioether (sulfide) groups is 1. The second-order valence-electron chi connectivity index (χ2n) is 4.06. The van der Waals surface area contributed by atoms with Gasteiger partial charge >= 0.3 is 5.97 Å². The molecule has 1 aliphatic rings. The molecule has 0 saturated carbocycles. The number of carboxylic acid groups (broad SMARTS) is 1. The first kappa shape index (κ1) is 12.6. The quantitative estimate of drug-likeness (QED) is 0.884. The smallest absolute Gasteiger partial charge is 0.326 e. The molecular weight excluding hydrogens is 258 g/mol. The van der Waals surface area contributed by atoms with Crippen LogP contribution in [0.3, 0.4) is 0 Å². The van der Waals surface area contributed by atoms with Gasteiger partial charge in [0.05, 0.1) is 10.7 Å². The summed E-state index contributed by atoms with van der Waals surface area (Å²) in [6.07, 6.45) is 0.944. The summed E-state index contributed by atoms with van der Waals surface area (Å²) in [4.78, 5) is 11.3. The summed E-state index contributed by atoms with van der Waals surface area (Å²) in [5, 5.41) is 12.9. The van der Waals surface area contributed by atoms with E-state index in [4.69, 9.17) is 11.6 Å². The van der Waals surface area contributed by atoms with Gasteiger partial charge in [0, 0.05) is 0 Å². The van der Waals surface area contributed by atoms with Crippen molar-refractivity contribution in [2.75, 3.05) is 16.8 Å². The van der Waals surface area contributed by atoms with Crippen LogP contribution >= 0.6 is 23.4 Å². The maximum atomic E-state index is 11.3. The van der Waals surface area contributed by atoms with Crippen LogP contribution in [0.2, 0.25) is 5.02 Å². The standard InChI is InChI=1S/C12H14ClNO2S/c13-9-3-1-2-4-10(9)14-11(12(15)16)8-5-6-17-7-8/h1-4,8,11,14H,5-7H2,(H,15,16). The molecule has 0 bridgehead atoms. The van der Waals surface area contributed by atoms with Crippen LogP contribution in [0.25, 0.3) is 0 Å². The number of nitrogens with one attached hydrogen (secondary N) is 1. The lowest BCUT2D eigenvalue weighted by Gasteiger charge is -2.21. The van der Waals surface area contributed by atoms with E-state index < -0.39 is 12.0 Å². The van der Waals surface area contributed by atoms with Gasteiger partial charge in [-0.05, 0) is 36.0 Å². The summed E-state index contributed by atoms with van der Waals surface area (Å²) in [6.45, 7) is 0. The van der Waals surface area contributed by atoms with Gasteiger partial charge < -0.3 is 10.4 Å². The topological polar surface area (TPSA) is 49.3 Å². The summed E-state index contributed by atoms with van der Waals surface area (Å²) < 4.78 is 0. The average Bonchev–Trinajstić information content (AvgIpc) is 2.81. The fraction of sp³-hybridized carbons (Fsp3) is 0.417. The zero-order chi connectivity index (χ0) is 12.3. The normalized spacial score (nSPS) is 21.1. The highest BCUT2D eigenvalue weighted by molar-refractivity contribution is 7.99. The molecule has 1 aromatic rings. The van der Waals surface area contributed by atoms with Crippen molar-refractivity contribution in [2.24, 2.45) is 5.92 Å². The van der Waals surface area contributed by atoms with Crippen LogP contribution < -0.4 is 5.32 Å². The SMILES string of the molecule is O=C(O)C(Nc1ccccc1Cl)C1CCSC1. The molecule has 2 rings (SSSR count). The number of carbonyl (C=O) groups is 1. The van der Waals surface area contributed by atoms with Crippen molar-refractivity contribution in [1.29, 1.82) is 0 Å². The zero-order valence-electron chi connectivity index (χ0n) is 9.23. The third-order valence-corrected chi connectivity index (χ3v) is 4.41. The van der Waals surface area contributed by atoms with Crippen molar-refractivity contribution in [3.8, 4) is 0 Å². The molecule has 2 N–H and O–H groups in total. The maximum Gasteiger partial charge on any atom is 0.326 e. The van der Waals surface area contributed by atoms with Crippen LogP contribution in [0, 0.1) is 5.92 Å². The van der Waals surface area contributed by atoms with Crippen LogP contribution in [-0.2, 0) is 4.79 Å². The van der Waals surface area contributed by atoms with Crippen molar-refractivity contribution in [3.63, 3.8) is 0 Å². The molecule has 1 saturated heterocycles. The lowest BCUT2D eigenvalue weighted by Crippen LogP contribution is -2.37. The molecule has 1 aliphatic heterocycles. The summed E-state index contributed by atoms with van der Waals surface area (Å²) in [7, 11) is 0. The molecule has 17 heavy (non-hydrogen) atoms. The van der Waals surface area contributed by atoms with Crippen molar-refractivity contribution in [3.05, 3.63) is 29.3 Å². The highest BCUT2D eigenvalue weighted by atomic mass is 35.5. The Morgan fingerprint density at radius 1 is 1.53 bits per heavy atom. The first-order valence-electron chi connectivity index (χ1n) is 5.50. The second kappa shape index (κ2) is 5.65. The molecule has 1 fully saturated rings. The Kier molecular flexibility index (Phi) is 4.18. The number of halogens is 1. The largest absolute Gasteiger partial charge is 0.480 e. The fourth-order valence-corrected chi connectivity index (χ4v) is 3.43. The number of rotatable bonds is 4. The van der Waals surface area contributed by atoms with Crippen molar-refractivity contribution in [1.82, 2.24) is 0 Å². The van der Waals surface area contributed by atoms with Crippen molar-refractivity contribution in [2.45, 2.75) is 12.5 Å². The average molecular weight is 272 g/mol. The Hall–Kier alpha value is -0.870. The van der Waals surface area contributed by atoms with E-state index in [1.807, 2.05) is 12.1 Å². The van der Waals surface area contributed by atoms with Crippen LogP contribution in [0.1, 0.15) is 6.42 Å². The molecule has 3 nitrogen and oxygen atoms in total.